The SMILES string of the molecule is CCCCCCCCCCCC(=O)NCCCCC(NC(=O)CCCCCCCCCC[n+]1ccccc1)C(=O)OCCCCCCCCCC. The van der Waals surface area contributed by atoms with Gasteiger partial charge in [0.25, 0.3) is 0 Å². The van der Waals surface area contributed by atoms with Gasteiger partial charge in [-0.05, 0) is 44.9 Å². The van der Waals surface area contributed by atoms with Crippen molar-refractivity contribution in [3.05, 3.63) is 30.6 Å². The van der Waals surface area contributed by atoms with Crippen LogP contribution in [0, 0.1) is 0 Å². The second-order valence-electron chi connectivity index (χ2n) is 14.9. The van der Waals surface area contributed by atoms with Crippen molar-refractivity contribution in [1.82, 2.24) is 10.6 Å². The van der Waals surface area contributed by atoms with Gasteiger partial charge in [0.15, 0.2) is 12.4 Å². The largest absolute Gasteiger partial charge is 0.464 e. The zero-order valence-electron chi connectivity index (χ0n) is 33.4. The van der Waals surface area contributed by atoms with E-state index in [0.29, 0.717) is 32.4 Å². The highest BCUT2D eigenvalue weighted by Crippen LogP contribution is 2.13. The fourth-order valence-electron chi connectivity index (χ4n) is 6.63. The van der Waals surface area contributed by atoms with Crippen LogP contribution in [0.15, 0.2) is 30.6 Å². The monoisotopic (exact) mass is 715 g/mol. The molecule has 0 spiro atoms. The zero-order chi connectivity index (χ0) is 36.9. The Labute approximate surface area is 314 Å². The van der Waals surface area contributed by atoms with Crippen molar-refractivity contribution in [3.8, 4) is 0 Å². The van der Waals surface area contributed by atoms with Crippen LogP contribution in [0.1, 0.15) is 206 Å². The third-order valence-corrected chi connectivity index (χ3v) is 9.96. The molecule has 1 aromatic rings. The molecular formula is C44H80N3O4+. The average molecular weight is 715 g/mol. The van der Waals surface area contributed by atoms with E-state index in [1.807, 2.05) is 0 Å². The molecule has 0 aliphatic rings. The summed E-state index contributed by atoms with van der Waals surface area (Å²) in [6, 6.07) is 5.59. The van der Waals surface area contributed by atoms with Crippen LogP contribution in [-0.4, -0.2) is 37.0 Å². The van der Waals surface area contributed by atoms with E-state index in [-0.39, 0.29) is 17.8 Å². The number of ether oxygens (including phenoxy) is 1. The van der Waals surface area contributed by atoms with Gasteiger partial charge in [0, 0.05) is 37.9 Å². The number of nitrogens with one attached hydrogen (secondary N) is 2. The topological polar surface area (TPSA) is 88.4 Å². The molecule has 0 bridgehead atoms. The Morgan fingerprint density at radius 2 is 1.00 bits per heavy atom. The summed E-state index contributed by atoms with van der Waals surface area (Å²) >= 11 is 0. The molecule has 51 heavy (non-hydrogen) atoms. The fraction of sp³-hybridized carbons (Fsp3) is 0.818. The molecule has 1 aromatic heterocycles. The van der Waals surface area contributed by atoms with Crippen LogP contribution < -0.4 is 15.2 Å². The molecule has 7 heteroatoms. The smallest absolute Gasteiger partial charge is 0.328 e. The molecule has 1 heterocycles. The second kappa shape index (κ2) is 35.9. The first kappa shape index (κ1) is 46.6. The van der Waals surface area contributed by atoms with Gasteiger partial charge in [0.1, 0.15) is 12.6 Å². The van der Waals surface area contributed by atoms with E-state index < -0.39 is 6.04 Å². The summed E-state index contributed by atoms with van der Waals surface area (Å²) in [6.45, 7) is 6.59. The van der Waals surface area contributed by atoms with E-state index in [0.717, 1.165) is 64.3 Å². The van der Waals surface area contributed by atoms with Crippen LogP contribution in [-0.2, 0) is 25.7 Å². The molecule has 0 aliphatic heterocycles. The third kappa shape index (κ3) is 30.9. The Kier molecular flexibility index (Phi) is 32.8. The number of esters is 1. The highest BCUT2D eigenvalue weighted by atomic mass is 16.5. The molecule has 0 saturated heterocycles. The quantitative estimate of drug-likeness (QED) is 0.0408. The minimum Gasteiger partial charge on any atom is -0.464 e. The number of carbonyl (C=O) groups is 3. The lowest BCUT2D eigenvalue weighted by molar-refractivity contribution is -0.697. The molecule has 294 valence electrons. The van der Waals surface area contributed by atoms with Crippen molar-refractivity contribution in [2.24, 2.45) is 0 Å². The number of amides is 2. The first-order chi connectivity index (χ1) is 25.1. The summed E-state index contributed by atoms with van der Waals surface area (Å²) in [4.78, 5) is 38.1. The molecule has 0 aliphatic carbocycles. The van der Waals surface area contributed by atoms with Gasteiger partial charge in [-0.1, -0.05) is 148 Å². The third-order valence-electron chi connectivity index (χ3n) is 9.96. The lowest BCUT2D eigenvalue weighted by Gasteiger charge is -2.18. The summed E-state index contributed by atoms with van der Waals surface area (Å²) in [6.07, 6.45) is 37.3. The van der Waals surface area contributed by atoms with Crippen molar-refractivity contribution in [1.29, 1.82) is 0 Å². The van der Waals surface area contributed by atoms with Crippen molar-refractivity contribution in [2.45, 2.75) is 219 Å². The minimum atomic E-state index is -0.613. The normalized spacial score (nSPS) is 11.7. The van der Waals surface area contributed by atoms with Crippen LogP contribution in [0.5, 0.6) is 0 Å². The molecule has 7 nitrogen and oxygen atoms in total. The average Bonchev–Trinajstić information content (AvgIpc) is 3.14. The van der Waals surface area contributed by atoms with Gasteiger partial charge < -0.3 is 15.4 Å². The lowest BCUT2D eigenvalue weighted by atomic mass is 10.1. The van der Waals surface area contributed by atoms with Gasteiger partial charge in [-0.15, -0.1) is 0 Å². The molecule has 1 rings (SSSR count). The maximum atomic E-state index is 13.0. The number of rotatable bonds is 37. The molecule has 0 saturated carbocycles. The molecule has 2 amide bonds. The molecule has 1 unspecified atom stereocenters. The lowest BCUT2D eigenvalue weighted by Crippen LogP contribution is -2.42. The van der Waals surface area contributed by atoms with Gasteiger partial charge in [-0.25, -0.2) is 9.36 Å². The molecular weight excluding hydrogens is 635 g/mol. The van der Waals surface area contributed by atoms with E-state index >= 15 is 0 Å². The van der Waals surface area contributed by atoms with E-state index in [1.54, 1.807) is 0 Å². The number of carbonyl (C=O) groups excluding carboxylic acids is 3. The van der Waals surface area contributed by atoms with Crippen LogP contribution in [0.25, 0.3) is 0 Å². The van der Waals surface area contributed by atoms with Crippen molar-refractivity contribution < 1.29 is 23.7 Å². The van der Waals surface area contributed by atoms with Gasteiger partial charge in [0.2, 0.25) is 11.8 Å². The molecule has 0 radical (unpaired) electrons. The van der Waals surface area contributed by atoms with Gasteiger partial charge >= 0.3 is 5.97 Å². The van der Waals surface area contributed by atoms with Crippen LogP contribution in [0.2, 0.25) is 0 Å². The molecule has 0 aromatic carbocycles. The summed E-state index contributed by atoms with van der Waals surface area (Å²) < 4.78 is 7.88. The van der Waals surface area contributed by atoms with Crippen molar-refractivity contribution in [2.75, 3.05) is 13.2 Å². The van der Waals surface area contributed by atoms with E-state index in [4.69, 9.17) is 4.74 Å². The maximum Gasteiger partial charge on any atom is 0.328 e. The van der Waals surface area contributed by atoms with Crippen LogP contribution in [0.3, 0.4) is 0 Å². The standard InChI is InChI=1S/C44H79N3O4/c1-3-5-7-9-11-13-16-20-25-34-42(48)45-36-28-27-33-41(44(50)51-40-32-23-19-12-10-8-6-4-2)46-43(49)35-26-21-17-14-15-18-22-29-37-47-38-30-24-31-39-47/h24,30-31,38-39,41H,3-23,25-29,32-37,40H2,1-2H3,(H-,45,46,48,49)/p+1. The minimum absolute atomic E-state index is 0.0586. The Morgan fingerprint density at radius 3 is 1.55 bits per heavy atom. The van der Waals surface area contributed by atoms with E-state index in [2.05, 4.69) is 59.6 Å². The highest BCUT2D eigenvalue weighted by molar-refractivity contribution is 5.84. The Bertz CT molecular complexity index is 942. The van der Waals surface area contributed by atoms with Crippen LogP contribution >= 0.6 is 0 Å². The molecule has 1 atom stereocenters. The first-order valence-electron chi connectivity index (χ1n) is 21.7. The van der Waals surface area contributed by atoms with Crippen LogP contribution in [0.4, 0.5) is 0 Å². The summed E-state index contributed by atoms with van der Waals surface area (Å²) in [7, 11) is 0. The first-order valence-corrected chi connectivity index (χ1v) is 21.7. The fourth-order valence-corrected chi connectivity index (χ4v) is 6.63. The number of aromatic nitrogens is 1. The van der Waals surface area contributed by atoms with Crippen molar-refractivity contribution in [3.63, 3.8) is 0 Å². The highest BCUT2D eigenvalue weighted by Gasteiger charge is 2.21. The Morgan fingerprint density at radius 1 is 0.529 bits per heavy atom. The summed E-state index contributed by atoms with van der Waals surface area (Å²) in [5, 5.41) is 6.04. The van der Waals surface area contributed by atoms with E-state index in [1.165, 1.54) is 116 Å². The van der Waals surface area contributed by atoms with E-state index in [9.17, 15) is 14.4 Å². The summed E-state index contributed by atoms with van der Waals surface area (Å²) in [5.74, 6) is -0.252. The van der Waals surface area contributed by atoms with Crippen molar-refractivity contribution >= 4 is 17.8 Å². The second-order valence-corrected chi connectivity index (χ2v) is 14.9. The summed E-state index contributed by atoms with van der Waals surface area (Å²) in [5.41, 5.74) is 0. The zero-order valence-corrected chi connectivity index (χ0v) is 33.4. The number of aryl methyl sites for hydroxylation is 1. The number of unbranched alkanes of at least 4 members (excludes halogenated alkanes) is 23. The van der Waals surface area contributed by atoms with Gasteiger partial charge in [-0.3, -0.25) is 9.59 Å². The van der Waals surface area contributed by atoms with Gasteiger partial charge in [-0.2, -0.15) is 0 Å². The number of nitrogens with zero attached hydrogens (tertiary/aromatic N) is 1. The predicted molar refractivity (Wildman–Crippen MR) is 212 cm³/mol. The molecule has 2 N–H and O–H groups in total. The predicted octanol–water partition coefficient (Wildman–Crippen LogP) is 10.9. The van der Waals surface area contributed by atoms with Gasteiger partial charge in [0.05, 0.1) is 6.61 Å². The Balaban J connectivity index is 2.25. The maximum absolute atomic E-state index is 13.0. The number of hydrogen-bond acceptors (Lipinski definition) is 4. The molecule has 0 fully saturated rings. The number of pyridine rings is 1. The number of hydrogen-bond donors (Lipinski definition) is 2. The Hall–Kier alpha value is -2.44.